The number of thiazole rings is 1. The normalized spacial score (nSPS) is 18.6. The van der Waals surface area contributed by atoms with Crippen molar-refractivity contribution in [3.05, 3.63) is 83.5 Å². The summed E-state index contributed by atoms with van der Waals surface area (Å²) in [6.45, 7) is 3.97. The van der Waals surface area contributed by atoms with Crippen LogP contribution in [-0.2, 0) is 14.3 Å². The van der Waals surface area contributed by atoms with E-state index in [1.54, 1.807) is 43.3 Å². The number of esters is 1. The highest BCUT2D eigenvalue weighted by molar-refractivity contribution is 7.07. The molecular formula is C27H22ClN3O6S. The summed E-state index contributed by atoms with van der Waals surface area (Å²) >= 11 is 7.33. The molecule has 2 aromatic carbocycles. The van der Waals surface area contributed by atoms with Crippen LogP contribution in [0.2, 0.25) is 5.02 Å². The molecule has 1 atom stereocenters. The number of nitrogens with zero attached hydrogens (tertiary/aromatic N) is 2. The molecule has 0 saturated heterocycles. The van der Waals surface area contributed by atoms with Crippen LogP contribution in [0, 0.1) is 0 Å². The SMILES string of the molecule is CCCC1=C(C(=O)OCC)[C@H](c2ccc3c(c2)OCO3)n2c(s/c(=C3\C(=O)Nc4ccc(Cl)cc43)c2=O)=N1. The molecule has 0 radical (unpaired) electrons. The number of allylic oxidation sites excluding steroid dienone is 1. The van der Waals surface area contributed by atoms with Gasteiger partial charge in [-0.3, -0.25) is 14.2 Å². The van der Waals surface area contributed by atoms with E-state index in [0.717, 1.165) is 17.8 Å². The van der Waals surface area contributed by atoms with Crippen molar-refractivity contribution >= 4 is 46.1 Å². The Morgan fingerprint density at radius 1 is 1.18 bits per heavy atom. The number of aromatic nitrogens is 1. The third-order valence-electron chi connectivity index (χ3n) is 6.53. The third kappa shape index (κ3) is 3.83. The second-order valence-corrected chi connectivity index (χ2v) is 10.3. The lowest BCUT2D eigenvalue weighted by Gasteiger charge is -2.25. The Bertz CT molecular complexity index is 1740. The van der Waals surface area contributed by atoms with Gasteiger partial charge in [-0.2, -0.15) is 0 Å². The number of nitrogens with one attached hydrogen (secondary N) is 1. The number of carbonyl (C=O) groups is 2. The zero-order chi connectivity index (χ0) is 26.6. The maximum Gasteiger partial charge on any atom is 0.338 e. The number of amides is 1. The summed E-state index contributed by atoms with van der Waals surface area (Å²) in [7, 11) is 0. The van der Waals surface area contributed by atoms with Crippen molar-refractivity contribution < 1.29 is 23.8 Å². The first-order valence-electron chi connectivity index (χ1n) is 12.2. The molecule has 3 aliphatic heterocycles. The molecule has 3 aromatic rings. The number of ether oxygens (including phenoxy) is 3. The Hall–Kier alpha value is -3.89. The van der Waals surface area contributed by atoms with Crippen LogP contribution in [0.4, 0.5) is 5.69 Å². The molecule has 0 bridgehead atoms. The van der Waals surface area contributed by atoms with Crippen molar-refractivity contribution in [2.24, 2.45) is 4.99 Å². The van der Waals surface area contributed by atoms with E-state index in [9.17, 15) is 14.4 Å². The number of rotatable bonds is 5. The number of hydrogen-bond acceptors (Lipinski definition) is 8. The van der Waals surface area contributed by atoms with Crippen LogP contribution < -0.4 is 29.7 Å². The minimum atomic E-state index is -0.834. The molecule has 1 N–H and O–H groups in total. The van der Waals surface area contributed by atoms with E-state index < -0.39 is 23.5 Å². The van der Waals surface area contributed by atoms with Gasteiger partial charge in [-0.15, -0.1) is 0 Å². The van der Waals surface area contributed by atoms with E-state index >= 15 is 0 Å². The summed E-state index contributed by atoms with van der Waals surface area (Å²) in [6.07, 6.45) is 1.23. The molecule has 4 heterocycles. The van der Waals surface area contributed by atoms with E-state index in [-0.39, 0.29) is 29.1 Å². The molecule has 38 heavy (non-hydrogen) atoms. The zero-order valence-corrected chi connectivity index (χ0v) is 22.1. The van der Waals surface area contributed by atoms with Gasteiger partial charge in [0.25, 0.3) is 11.5 Å². The Morgan fingerprint density at radius 3 is 2.79 bits per heavy atom. The second kappa shape index (κ2) is 9.45. The fraction of sp³-hybridized carbons (Fsp3) is 0.259. The van der Waals surface area contributed by atoms with E-state index in [2.05, 4.69) is 5.32 Å². The van der Waals surface area contributed by atoms with Crippen molar-refractivity contribution in [2.75, 3.05) is 18.7 Å². The molecule has 11 heteroatoms. The summed E-state index contributed by atoms with van der Waals surface area (Å²) in [5, 5.41) is 3.25. The Morgan fingerprint density at radius 2 is 2.00 bits per heavy atom. The van der Waals surface area contributed by atoms with Gasteiger partial charge < -0.3 is 19.5 Å². The monoisotopic (exact) mass is 551 g/mol. The van der Waals surface area contributed by atoms with E-state index in [0.29, 0.717) is 50.3 Å². The molecule has 0 spiro atoms. The first-order valence-corrected chi connectivity index (χ1v) is 13.4. The molecule has 9 nitrogen and oxygen atoms in total. The summed E-state index contributed by atoms with van der Waals surface area (Å²) in [5.74, 6) is 0.153. The maximum absolute atomic E-state index is 14.1. The first-order chi connectivity index (χ1) is 18.4. The Balaban J connectivity index is 1.66. The predicted molar refractivity (Wildman–Crippen MR) is 141 cm³/mol. The molecule has 194 valence electrons. The average Bonchev–Trinajstić information content (AvgIpc) is 3.58. The first kappa shape index (κ1) is 24.4. The standard InChI is InChI=1S/C27H22ClN3O6S/c1-3-5-17-21(26(34)35-4-2)22(13-6-9-18-19(10-13)37-12-36-18)31-25(33)23(38-27(31)30-17)20-15-11-14(28)7-8-16(15)29-24(20)32/h6-11,22H,3-5,12H2,1-2H3,(H,29,32)/b23-20-/t22-/m0/s1. The highest BCUT2D eigenvalue weighted by atomic mass is 35.5. The van der Waals surface area contributed by atoms with Gasteiger partial charge in [-0.25, -0.2) is 9.79 Å². The molecule has 0 saturated carbocycles. The van der Waals surface area contributed by atoms with E-state index in [4.69, 9.17) is 30.8 Å². The minimum Gasteiger partial charge on any atom is -0.463 e. The third-order valence-corrected chi connectivity index (χ3v) is 7.82. The molecular weight excluding hydrogens is 530 g/mol. The van der Waals surface area contributed by atoms with Gasteiger partial charge in [0.15, 0.2) is 16.3 Å². The van der Waals surface area contributed by atoms with Crippen LogP contribution in [0.15, 0.2) is 57.5 Å². The van der Waals surface area contributed by atoms with Crippen molar-refractivity contribution in [2.45, 2.75) is 32.7 Å². The zero-order valence-electron chi connectivity index (χ0n) is 20.5. The largest absolute Gasteiger partial charge is 0.463 e. The van der Waals surface area contributed by atoms with Crippen molar-refractivity contribution in [1.82, 2.24) is 4.57 Å². The number of halogens is 1. The summed E-state index contributed by atoms with van der Waals surface area (Å²) in [6, 6.07) is 9.51. The molecule has 0 fully saturated rings. The number of benzene rings is 2. The van der Waals surface area contributed by atoms with Crippen LogP contribution in [-0.4, -0.2) is 29.8 Å². The van der Waals surface area contributed by atoms with E-state index in [1.807, 2.05) is 6.92 Å². The number of hydrogen-bond donors (Lipinski definition) is 1. The van der Waals surface area contributed by atoms with Crippen LogP contribution in [0.25, 0.3) is 5.57 Å². The molecule has 1 aromatic heterocycles. The molecule has 3 aliphatic rings. The van der Waals surface area contributed by atoms with Gasteiger partial charge in [0.05, 0.1) is 29.5 Å². The van der Waals surface area contributed by atoms with Gasteiger partial charge in [0.1, 0.15) is 4.53 Å². The molecule has 1 amide bonds. The summed E-state index contributed by atoms with van der Waals surface area (Å²) in [4.78, 5) is 45.6. The minimum absolute atomic E-state index is 0.0869. The average molecular weight is 552 g/mol. The smallest absolute Gasteiger partial charge is 0.338 e. The van der Waals surface area contributed by atoms with Crippen molar-refractivity contribution in [3.63, 3.8) is 0 Å². The maximum atomic E-state index is 14.1. The van der Waals surface area contributed by atoms with Gasteiger partial charge in [-0.1, -0.05) is 42.3 Å². The van der Waals surface area contributed by atoms with Crippen LogP contribution in [0.1, 0.15) is 43.9 Å². The molecule has 6 rings (SSSR count). The number of carbonyl (C=O) groups excluding carboxylic acids is 2. The lowest BCUT2D eigenvalue weighted by atomic mass is 9.94. The van der Waals surface area contributed by atoms with Crippen molar-refractivity contribution in [3.8, 4) is 11.5 Å². The lowest BCUT2D eigenvalue weighted by Crippen LogP contribution is -2.40. The number of anilines is 1. The Kier molecular flexibility index (Phi) is 6.08. The van der Waals surface area contributed by atoms with Gasteiger partial charge in [-0.05, 0) is 49.2 Å². The predicted octanol–water partition coefficient (Wildman–Crippen LogP) is 3.28. The van der Waals surface area contributed by atoms with Gasteiger partial charge in [0, 0.05) is 16.3 Å². The fourth-order valence-corrected chi connectivity index (χ4v) is 6.22. The molecule has 0 aliphatic carbocycles. The Labute approximate surface area is 225 Å². The number of fused-ring (bicyclic) bond motifs is 3. The van der Waals surface area contributed by atoms with Gasteiger partial charge in [0.2, 0.25) is 6.79 Å². The lowest BCUT2D eigenvalue weighted by molar-refractivity contribution is -0.139. The topological polar surface area (TPSA) is 108 Å². The highest BCUT2D eigenvalue weighted by Gasteiger charge is 2.36. The summed E-state index contributed by atoms with van der Waals surface area (Å²) in [5.41, 5.74) is 2.39. The van der Waals surface area contributed by atoms with E-state index in [1.165, 1.54) is 4.57 Å². The van der Waals surface area contributed by atoms with Crippen LogP contribution >= 0.6 is 22.9 Å². The van der Waals surface area contributed by atoms with Crippen molar-refractivity contribution in [1.29, 1.82) is 0 Å². The molecule has 0 unspecified atom stereocenters. The quantitative estimate of drug-likeness (QED) is 0.488. The fourth-order valence-electron chi connectivity index (χ4n) is 4.93. The second-order valence-electron chi connectivity index (χ2n) is 8.87. The summed E-state index contributed by atoms with van der Waals surface area (Å²) < 4.78 is 18.2. The van der Waals surface area contributed by atoms with Crippen LogP contribution in [0.3, 0.4) is 0 Å². The van der Waals surface area contributed by atoms with Crippen LogP contribution in [0.5, 0.6) is 11.5 Å². The highest BCUT2D eigenvalue weighted by Crippen LogP contribution is 2.39. The van der Waals surface area contributed by atoms with Gasteiger partial charge >= 0.3 is 5.97 Å².